The molecule has 0 bridgehead atoms. The fraction of sp³-hybridized carbons (Fsp3) is 0.615. The summed E-state index contributed by atoms with van der Waals surface area (Å²) in [7, 11) is 0. The summed E-state index contributed by atoms with van der Waals surface area (Å²) in [6, 6.07) is 4.07. The lowest BCUT2D eigenvalue weighted by molar-refractivity contribution is -0.102. The molecule has 0 aliphatic carbocycles. The van der Waals surface area contributed by atoms with Crippen molar-refractivity contribution in [3.8, 4) is 0 Å². The highest BCUT2D eigenvalue weighted by molar-refractivity contribution is 5.09. The SMILES string of the molecule is CCCC1(O)CN(CCc2cccnc2)C1. The summed E-state index contributed by atoms with van der Waals surface area (Å²) in [6.45, 7) is 4.82. The molecule has 0 amide bonds. The molecule has 88 valence electrons. The van der Waals surface area contributed by atoms with Gasteiger partial charge in [-0.3, -0.25) is 9.88 Å². The zero-order chi connectivity index (χ0) is 11.4. The maximum atomic E-state index is 10.0. The first-order valence-electron chi connectivity index (χ1n) is 6.05. The molecule has 3 nitrogen and oxygen atoms in total. The molecule has 0 saturated carbocycles. The third-order valence-electron chi connectivity index (χ3n) is 3.19. The lowest BCUT2D eigenvalue weighted by Crippen LogP contribution is -2.61. The zero-order valence-electron chi connectivity index (χ0n) is 9.89. The van der Waals surface area contributed by atoms with Crippen LogP contribution in [-0.4, -0.2) is 40.2 Å². The van der Waals surface area contributed by atoms with E-state index in [1.165, 1.54) is 5.56 Å². The number of hydrogen-bond donors (Lipinski definition) is 1. The van der Waals surface area contributed by atoms with Gasteiger partial charge >= 0.3 is 0 Å². The molecule has 0 radical (unpaired) electrons. The van der Waals surface area contributed by atoms with Crippen molar-refractivity contribution in [2.45, 2.75) is 31.8 Å². The van der Waals surface area contributed by atoms with Gasteiger partial charge < -0.3 is 5.11 Å². The Labute approximate surface area is 97.1 Å². The number of nitrogens with zero attached hydrogens (tertiary/aromatic N) is 2. The minimum Gasteiger partial charge on any atom is -0.387 e. The van der Waals surface area contributed by atoms with E-state index in [1.54, 1.807) is 6.20 Å². The Morgan fingerprint density at radius 2 is 2.31 bits per heavy atom. The summed E-state index contributed by atoms with van der Waals surface area (Å²) in [5.74, 6) is 0. The van der Waals surface area contributed by atoms with Crippen LogP contribution in [0.1, 0.15) is 25.3 Å². The molecule has 0 unspecified atom stereocenters. The fourth-order valence-corrected chi connectivity index (χ4v) is 2.40. The lowest BCUT2D eigenvalue weighted by Gasteiger charge is -2.46. The van der Waals surface area contributed by atoms with Crippen LogP contribution in [0.2, 0.25) is 0 Å². The monoisotopic (exact) mass is 220 g/mol. The van der Waals surface area contributed by atoms with E-state index in [1.807, 2.05) is 12.3 Å². The number of likely N-dealkylation sites (tertiary alicyclic amines) is 1. The summed E-state index contributed by atoms with van der Waals surface area (Å²) in [5.41, 5.74) is 0.873. The van der Waals surface area contributed by atoms with E-state index in [4.69, 9.17) is 0 Å². The summed E-state index contributed by atoms with van der Waals surface area (Å²) in [6.07, 6.45) is 6.73. The van der Waals surface area contributed by atoms with Crippen molar-refractivity contribution in [3.05, 3.63) is 30.1 Å². The first kappa shape index (κ1) is 11.6. The number of pyridine rings is 1. The normalized spacial score (nSPS) is 19.4. The first-order valence-corrected chi connectivity index (χ1v) is 6.05. The third-order valence-corrected chi connectivity index (χ3v) is 3.19. The van der Waals surface area contributed by atoms with Crippen molar-refractivity contribution in [1.82, 2.24) is 9.88 Å². The first-order chi connectivity index (χ1) is 7.72. The Morgan fingerprint density at radius 1 is 1.50 bits per heavy atom. The van der Waals surface area contributed by atoms with Crippen LogP contribution in [0.15, 0.2) is 24.5 Å². The molecule has 1 N–H and O–H groups in total. The highest BCUT2D eigenvalue weighted by Gasteiger charge is 2.39. The number of aromatic nitrogens is 1. The van der Waals surface area contributed by atoms with Gasteiger partial charge in [-0.2, -0.15) is 0 Å². The standard InChI is InChI=1S/C13H20N2O/c1-2-6-13(16)10-15(11-13)8-5-12-4-3-7-14-9-12/h3-4,7,9,16H,2,5-6,8,10-11H2,1H3. The van der Waals surface area contributed by atoms with E-state index in [9.17, 15) is 5.11 Å². The molecule has 3 heteroatoms. The van der Waals surface area contributed by atoms with Gasteiger partial charge in [0.1, 0.15) is 0 Å². The fourth-order valence-electron chi connectivity index (χ4n) is 2.40. The van der Waals surface area contributed by atoms with Crippen LogP contribution in [0.25, 0.3) is 0 Å². The predicted octanol–water partition coefficient (Wildman–Crippen LogP) is 1.47. The summed E-state index contributed by atoms with van der Waals surface area (Å²) < 4.78 is 0. The van der Waals surface area contributed by atoms with Crippen LogP contribution >= 0.6 is 0 Å². The Bertz CT molecular complexity index is 320. The van der Waals surface area contributed by atoms with Crippen LogP contribution in [0.4, 0.5) is 0 Å². The van der Waals surface area contributed by atoms with Crippen molar-refractivity contribution in [3.63, 3.8) is 0 Å². The van der Waals surface area contributed by atoms with Gasteiger partial charge in [-0.1, -0.05) is 19.4 Å². The van der Waals surface area contributed by atoms with Gasteiger partial charge in [0.15, 0.2) is 0 Å². The van der Waals surface area contributed by atoms with E-state index in [0.717, 1.165) is 38.9 Å². The lowest BCUT2D eigenvalue weighted by atomic mass is 9.89. The minimum absolute atomic E-state index is 0.399. The Balaban J connectivity index is 1.70. The smallest absolute Gasteiger partial charge is 0.0900 e. The van der Waals surface area contributed by atoms with Gasteiger partial charge in [0.2, 0.25) is 0 Å². The molecule has 1 aromatic rings. The number of β-amino-alcohol motifs (C(OH)–C–C–N with tert-alkyl or cyclic N) is 1. The summed E-state index contributed by atoms with van der Waals surface area (Å²) in [4.78, 5) is 6.40. The molecule has 0 atom stereocenters. The number of rotatable bonds is 5. The van der Waals surface area contributed by atoms with Crippen molar-refractivity contribution in [2.24, 2.45) is 0 Å². The van der Waals surface area contributed by atoms with Gasteiger partial charge in [-0.25, -0.2) is 0 Å². The van der Waals surface area contributed by atoms with Gasteiger partial charge in [-0.15, -0.1) is 0 Å². The van der Waals surface area contributed by atoms with Gasteiger partial charge in [0.25, 0.3) is 0 Å². The van der Waals surface area contributed by atoms with E-state index in [0.29, 0.717) is 0 Å². The van der Waals surface area contributed by atoms with Gasteiger partial charge in [0.05, 0.1) is 5.60 Å². The van der Waals surface area contributed by atoms with Crippen molar-refractivity contribution in [1.29, 1.82) is 0 Å². The van der Waals surface area contributed by atoms with Crippen molar-refractivity contribution < 1.29 is 5.11 Å². The van der Waals surface area contributed by atoms with E-state index in [2.05, 4.69) is 22.9 Å². The predicted molar refractivity (Wildman–Crippen MR) is 64.2 cm³/mol. The largest absolute Gasteiger partial charge is 0.387 e. The van der Waals surface area contributed by atoms with Gasteiger partial charge in [0, 0.05) is 32.0 Å². The number of aliphatic hydroxyl groups is 1. The average Bonchev–Trinajstić information content (AvgIpc) is 2.25. The molecule has 1 fully saturated rings. The maximum absolute atomic E-state index is 10.0. The van der Waals surface area contributed by atoms with Gasteiger partial charge in [-0.05, 0) is 24.5 Å². The Morgan fingerprint density at radius 3 is 2.94 bits per heavy atom. The molecule has 1 aliphatic rings. The Hall–Kier alpha value is -0.930. The molecular formula is C13H20N2O. The minimum atomic E-state index is -0.399. The van der Waals surface area contributed by atoms with E-state index < -0.39 is 5.60 Å². The molecule has 16 heavy (non-hydrogen) atoms. The second-order valence-corrected chi connectivity index (χ2v) is 4.80. The topological polar surface area (TPSA) is 36.4 Å². The molecule has 1 saturated heterocycles. The average molecular weight is 220 g/mol. The van der Waals surface area contributed by atoms with Crippen molar-refractivity contribution in [2.75, 3.05) is 19.6 Å². The zero-order valence-corrected chi connectivity index (χ0v) is 9.89. The maximum Gasteiger partial charge on any atom is 0.0900 e. The summed E-state index contributed by atoms with van der Waals surface area (Å²) >= 11 is 0. The quantitative estimate of drug-likeness (QED) is 0.816. The molecule has 0 spiro atoms. The van der Waals surface area contributed by atoms with Crippen LogP contribution in [0.3, 0.4) is 0 Å². The Kier molecular flexibility index (Phi) is 3.56. The molecule has 1 aromatic heterocycles. The molecule has 2 heterocycles. The molecule has 0 aromatic carbocycles. The highest BCUT2D eigenvalue weighted by atomic mass is 16.3. The third kappa shape index (κ3) is 2.80. The van der Waals surface area contributed by atoms with Crippen LogP contribution in [0, 0.1) is 0 Å². The van der Waals surface area contributed by atoms with Crippen LogP contribution in [-0.2, 0) is 6.42 Å². The highest BCUT2D eigenvalue weighted by Crippen LogP contribution is 2.25. The second-order valence-electron chi connectivity index (χ2n) is 4.80. The van der Waals surface area contributed by atoms with Crippen molar-refractivity contribution >= 4 is 0 Å². The molecular weight excluding hydrogens is 200 g/mol. The van der Waals surface area contributed by atoms with Crippen LogP contribution in [0.5, 0.6) is 0 Å². The second kappa shape index (κ2) is 4.93. The summed E-state index contributed by atoms with van der Waals surface area (Å²) in [5, 5.41) is 10.0. The molecule has 2 rings (SSSR count). The number of hydrogen-bond acceptors (Lipinski definition) is 3. The molecule has 1 aliphatic heterocycles. The van der Waals surface area contributed by atoms with Crippen LogP contribution < -0.4 is 0 Å². The van der Waals surface area contributed by atoms with E-state index in [-0.39, 0.29) is 0 Å². The van der Waals surface area contributed by atoms with E-state index >= 15 is 0 Å².